The third-order valence-corrected chi connectivity index (χ3v) is 4.88. The minimum Gasteiger partial charge on any atom is -0.332 e. The lowest BCUT2D eigenvalue weighted by atomic mass is 10.00. The van der Waals surface area contributed by atoms with E-state index in [1.54, 1.807) is 18.5 Å². The Hall–Kier alpha value is -1.95. The van der Waals surface area contributed by atoms with E-state index in [0.29, 0.717) is 17.3 Å². The maximum absolute atomic E-state index is 13.6. The van der Waals surface area contributed by atoms with Crippen LogP contribution in [0.5, 0.6) is 0 Å². The van der Waals surface area contributed by atoms with Crippen LogP contribution in [-0.2, 0) is 0 Å². The van der Waals surface area contributed by atoms with Crippen LogP contribution in [0.2, 0.25) is 0 Å². The number of hydrogen-bond acceptors (Lipinski definition) is 4. The van der Waals surface area contributed by atoms with E-state index in [1.165, 1.54) is 23.9 Å². The first kappa shape index (κ1) is 16.9. The summed E-state index contributed by atoms with van der Waals surface area (Å²) in [6.45, 7) is 0.671. The van der Waals surface area contributed by atoms with Crippen molar-refractivity contribution in [3.63, 3.8) is 0 Å². The molecule has 0 aliphatic carbocycles. The predicted octanol–water partition coefficient (Wildman–Crippen LogP) is 4.10. The topological polar surface area (TPSA) is 46.1 Å². The van der Waals surface area contributed by atoms with Crippen LogP contribution in [0.25, 0.3) is 0 Å². The fraction of sp³-hybridized carbons (Fsp3) is 0.389. The third-order valence-electron chi connectivity index (χ3n) is 4.30. The lowest BCUT2D eigenvalue weighted by molar-refractivity contribution is 0.0679. The molecule has 0 N–H and O–H groups in total. The van der Waals surface area contributed by atoms with E-state index in [1.807, 2.05) is 17.2 Å². The van der Waals surface area contributed by atoms with Gasteiger partial charge in [-0.3, -0.25) is 4.79 Å². The van der Waals surface area contributed by atoms with Crippen molar-refractivity contribution in [1.82, 2.24) is 14.9 Å². The van der Waals surface area contributed by atoms with Crippen molar-refractivity contribution >= 4 is 17.7 Å². The molecule has 1 aromatic carbocycles. The number of benzene rings is 1. The Morgan fingerprint density at radius 2 is 2.04 bits per heavy atom. The zero-order valence-electron chi connectivity index (χ0n) is 13.6. The summed E-state index contributed by atoms with van der Waals surface area (Å²) in [5.41, 5.74) is 1.34. The average molecular weight is 345 g/mol. The van der Waals surface area contributed by atoms with Gasteiger partial charge in [0.15, 0.2) is 5.16 Å². The first-order valence-corrected chi connectivity index (χ1v) is 9.34. The highest BCUT2D eigenvalue weighted by Gasteiger charge is 2.28. The summed E-state index contributed by atoms with van der Waals surface area (Å²) in [6.07, 6.45) is 8.97. The minimum atomic E-state index is -0.267. The normalized spacial score (nSPS) is 18.2. The molecule has 4 nitrogen and oxygen atoms in total. The van der Waals surface area contributed by atoms with Gasteiger partial charge < -0.3 is 4.90 Å². The van der Waals surface area contributed by atoms with Crippen molar-refractivity contribution < 1.29 is 9.18 Å². The van der Waals surface area contributed by atoms with E-state index < -0.39 is 0 Å². The van der Waals surface area contributed by atoms with Gasteiger partial charge >= 0.3 is 0 Å². The fourth-order valence-corrected chi connectivity index (χ4v) is 3.43. The number of likely N-dealkylation sites (tertiary alicyclic amines) is 1. The van der Waals surface area contributed by atoms with E-state index in [2.05, 4.69) is 9.97 Å². The second-order valence-electron chi connectivity index (χ2n) is 5.88. The highest BCUT2D eigenvalue weighted by Crippen LogP contribution is 2.31. The van der Waals surface area contributed by atoms with Gasteiger partial charge in [0.05, 0.1) is 11.6 Å². The second-order valence-corrected chi connectivity index (χ2v) is 6.65. The molecule has 1 saturated heterocycles. The largest absolute Gasteiger partial charge is 0.332 e. The fourth-order valence-electron chi connectivity index (χ4n) is 3.11. The Morgan fingerprint density at radius 1 is 1.25 bits per heavy atom. The number of hydrogen-bond donors (Lipinski definition) is 0. The number of carbonyl (C=O) groups is 1. The second kappa shape index (κ2) is 7.75. The van der Waals surface area contributed by atoms with Crippen LogP contribution >= 0.6 is 11.8 Å². The van der Waals surface area contributed by atoms with Gasteiger partial charge in [-0.05, 0) is 36.8 Å². The van der Waals surface area contributed by atoms with Crippen LogP contribution in [-0.4, -0.2) is 33.6 Å². The number of nitrogens with zero attached hydrogens (tertiary/aromatic N) is 3. The zero-order valence-corrected chi connectivity index (χ0v) is 14.4. The maximum Gasteiger partial charge on any atom is 0.257 e. The third kappa shape index (κ3) is 3.75. The molecule has 1 aliphatic rings. The number of amides is 1. The summed E-state index contributed by atoms with van der Waals surface area (Å²) in [4.78, 5) is 23.2. The summed E-state index contributed by atoms with van der Waals surface area (Å²) in [6, 6.07) is 6.46. The van der Waals surface area contributed by atoms with Crippen molar-refractivity contribution in [2.75, 3.05) is 12.8 Å². The van der Waals surface area contributed by atoms with Crippen molar-refractivity contribution in [3.8, 4) is 0 Å². The number of aromatic nitrogens is 2. The molecule has 1 atom stereocenters. The Kier molecular flexibility index (Phi) is 5.45. The van der Waals surface area contributed by atoms with Gasteiger partial charge in [-0.1, -0.05) is 36.7 Å². The van der Waals surface area contributed by atoms with E-state index in [4.69, 9.17) is 0 Å². The van der Waals surface area contributed by atoms with E-state index >= 15 is 0 Å². The molecule has 2 heterocycles. The van der Waals surface area contributed by atoms with Crippen molar-refractivity contribution in [3.05, 3.63) is 53.6 Å². The van der Waals surface area contributed by atoms with Gasteiger partial charge in [0.2, 0.25) is 0 Å². The standard InChI is InChI=1S/C18H20FN3OS/c1-24-18-20-11-14(12-21-18)17(23)22-9-4-2-3-8-16(22)13-6-5-7-15(19)10-13/h5-7,10-12,16H,2-4,8-9H2,1H3. The van der Waals surface area contributed by atoms with E-state index in [-0.39, 0.29) is 17.8 Å². The monoisotopic (exact) mass is 345 g/mol. The SMILES string of the molecule is CSc1ncc(C(=O)N2CCCCCC2c2cccc(F)c2)cn1. The van der Waals surface area contributed by atoms with Crippen LogP contribution in [0.1, 0.15) is 47.6 Å². The Labute approximate surface area is 145 Å². The molecule has 0 spiro atoms. The first-order valence-electron chi connectivity index (χ1n) is 8.11. The molecule has 24 heavy (non-hydrogen) atoms. The number of carbonyl (C=O) groups excluding carboxylic acids is 1. The molecule has 3 rings (SSSR count). The summed E-state index contributed by atoms with van der Waals surface area (Å²) in [5.74, 6) is -0.351. The average Bonchev–Trinajstić information content (AvgIpc) is 2.87. The highest BCUT2D eigenvalue weighted by atomic mass is 32.2. The van der Waals surface area contributed by atoms with Crippen molar-refractivity contribution in [2.45, 2.75) is 36.9 Å². The molecule has 1 amide bonds. The summed E-state index contributed by atoms with van der Waals surface area (Å²) >= 11 is 1.44. The molecule has 6 heteroatoms. The van der Waals surface area contributed by atoms with Gasteiger partial charge in [0, 0.05) is 18.9 Å². The molecule has 1 aromatic heterocycles. The van der Waals surface area contributed by atoms with Gasteiger partial charge in [0.1, 0.15) is 5.82 Å². The van der Waals surface area contributed by atoms with Crippen LogP contribution in [0.4, 0.5) is 4.39 Å². The van der Waals surface area contributed by atoms with Crippen LogP contribution in [0, 0.1) is 5.82 Å². The lowest BCUT2D eigenvalue weighted by Gasteiger charge is -2.30. The van der Waals surface area contributed by atoms with Crippen molar-refractivity contribution in [2.24, 2.45) is 0 Å². The summed E-state index contributed by atoms with van der Waals surface area (Å²) in [5, 5.41) is 0.643. The van der Waals surface area contributed by atoms with Crippen LogP contribution < -0.4 is 0 Å². The van der Waals surface area contributed by atoms with Crippen LogP contribution in [0.15, 0.2) is 41.8 Å². The number of rotatable bonds is 3. The summed E-state index contributed by atoms with van der Waals surface area (Å²) in [7, 11) is 0. The Bertz CT molecular complexity index is 708. The lowest BCUT2D eigenvalue weighted by Crippen LogP contribution is -2.35. The molecule has 0 radical (unpaired) electrons. The quantitative estimate of drug-likeness (QED) is 0.621. The minimum absolute atomic E-state index is 0.0844. The van der Waals surface area contributed by atoms with Gasteiger partial charge in [0.25, 0.3) is 5.91 Å². The molecule has 1 aliphatic heterocycles. The zero-order chi connectivity index (χ0) is 16.9. The molecule has 0 saturated carbocycles. The first-order chi connectivity index (χ1) is 11.7. The Balaban J connectivity index is 1.90. The van der Waals surface area contributed by atoms with Gasteiger partial charge in [-0.15, -0.1) is 0 Å². The molecular weight excluding hydrogens is 325 g/mol. The van der Waals surface area contributed by atoms with E-state index in [0.717, 1.165) is 31.2 Å². The van der Waals surface area contributed by atoms with Crippen LogP contribution in [0.3, 0.4) is 0 Å². The smallest absolute Gasteiger partial charge is 0.257 e. The predicted molar refractivity (Wildman–Crippen MR) is 92.5 cm³/mol. The number of thioether (sulfide) groups is 1. The van der Waals surface area contributed by atoms with E-state index in [9.17, 15) is 9.18 Å². The molecule has 1 unspecified atom stereocenters. The molecular formula is C18H20FN3OS. The van der Waals surface area contributed by atoms with Crippen molar-refractivity contribution in [1.29, 1.82) is 0 Å². The molecule has 2 aromatic rings. The maximum atomic E-state index is 13.6. The molecule has 0 bridgehead atoms. The van der Waals surface area contributed by atoms with Gasteiger partial charge in [-0.25, -0.2) is 14.4 Å². The highest BCUT2D eigenvalue weighted by molar-refractivity contribution is 7.98. The van der Waals surface area contributed by atoms with Gasteiger partial charge in [-0.2, -0.15) is 0 Å². The molecule has 1 fully saturated rings. The number of halogens is 1. The summed E-state index contributed by atoms with van der Waals surface area (Å²) < 4.78 is 13.6. The Morgan fingerprint density at radius 3 is 2.75 bits per heavy atom. The molecule has 126 valence electrons.